The Morgan fingerprint density at radius 2 is 1.46 bits per heavy atom. The lowest BCUT2D eigenvalue weighted by Crippen LogP contribution is -2.46. The van der Waals surface area contributed by atoms with Gasteiger partial charge >= 0.3 is 0 Å². The molecular weight excluding hydrogens is 162 g/mol. The van der Waals surface area contributed by atoms with Crippen molar-refractivity contribution >= 4 is 0 Å². The van der Waals surface area contributed by atoms with E-state index in [1.54, 1.807) is 0 Å². The van der Waals surface area contributed by atoms with Crippen LogP contribution >= 0.6 is 0 Å². The van der Waals surface area contributed by atoms with Gasteiger partial charge in [0, 0.05) is 18.6 Å². The van der Waals surface area contributed by atoms with Crippen LogP contribution in [0.15, 0.2) is 0 Å². The molecule has 80 valence electrons. The van der Waals surface area contributed by atoms with Crippen molar-refractivity contribution in [2.75, 3.05) is 6.54 Å². The van der Waals surface area contributed by atoms with E-state index in [9.17, 15) is 5.11 Å². The number of aliphatic hydroxyl groups is 1. The Balaban J connectivity index is 4.24. The van der Waals surface area contributed by atoms with E-state index in [0.29, 0.717) is 12.0 Å². The molecule has 0 amide bonds. The maximum Gasteiger partial charge on any atom is 0.0664 e. The summed E-state index contributed by atoms with van der Waals surface area (Å²) in [6.45, 7) is 13.8. The topological polar surface area (TPSA) is 23.5 Å². The Kier molecular flexibility index (Phi) is 5.57. The zero-order valence-corrected chi connectivity index (χ0v) is 9.91. The molecule has 2 unspecified atom stereocenters. The summed E-state index contributed by atoms with van der Waals surface area (Å²) >= 11 is 0. The standard InChI is InChI=1S/C11H25NO/c1-8(2)7-12(9(3)4)10(5)11(6)13/h8-11,13H,7H2,1-6H3. The van der Waals surface area contributed by atoms with Crippen LogP contribution in [-0.2, 0) is 0 Å². The Hall–Kier alpha value is -0.0800. The highest BCUT2D eigenvalue weighted by molar-refractivity contribution is 4.75. The van der Waals surface area contributed by atoms with Crippen LogP contribution in [0.5, 0.6) is 0 Å². The normalized spacial score (nSPS) is 17.1. The first-order valence-corrected chi connectivity index (χ1v) is 5.30. The van der Waals surface area contributed by atoms with E-state index in [4.69, 9.17) is 0 Å². The molecule has 0 aromatic heterocycles. The molecule has 0 heterocycles. The van der Waals surface area contributed by atoms with Gasteiger partial charge in [0.15, 0.2) is 0 Å². The summed E-state index contributed by atoms with van der Waals surface area (Å²) in [6.07, 6.45) is -0.249. The van der Waals surface area contributed by atoms with Crippen molar-refractivity contribution in [3.05, 3.63) is 0 Å². The van der Waals surface area contributed by atoms with Crippen molar-refractivity contribution < 1.29 is 5.11 Å². The smallest absolute Gasteiger partial charge is 0.0664 e. The molecule has 2 atom stereocenters. The van der Waals surface area contributed by atoms with E-state index in [2.05, 4.69) is 39.5 Å². The molecule has 13 heavy (non-hydrogen) atoms. The van der Waals surface area contributed by atoms with Gasteiger partial charge in [-0.2, -0.15) is 0 Å². The zero-order chi connectivity index (χ0) is 10.6. The van der Waals surface area contributed by atoms with Crippen LogP contribution in [0.1, 0.15) is 41.5 Å². The Morgan fingerprint density at radius 1 is 1.00 bits per heavy atom. The maximum absolute atomic E-state index is 9.51. The first kappa shape index (κ1) is 12.9. The summed E-state index contributed by atoms with van der Waals surface area (Å²) in [5.74, 6) is 0.656. The zero-order valence-electron chi connectivity index (χ0n) is 9.91. The van der Waals surface area contributed by atoms with Gasteiger partial charge in [-0.05, 0) is 33.6 Å². The molecule has 0 spiro atoms. The van der Waals surface area contributed by atoms with Crippen molar-refractivity contribution in [2.45, 2.75) is 59.7 Å². The van der Waals surface area contributed by atoms with Crippen molar-refractivity contribution in [3.8, 4) is 0 Å². The van der Waals surface area contributed by atoms with Gasteiger partial charge in [-0.15, -0.1) is 0 Å². The molecule has 0 bridgehead atoms. The maximum atomic E-state index is 9.51. The van der Waals surface area contributed by atoms with Crippen LogP contribution in [0.4, 0.5) is 0 Å². The summed E-state index contributed by atoms with van der Waals surface area (Å²) < 4.78 is 0. The minimum absolute atomic E-state index is 0.249. The summed E-state index contributed by atoms with van der Waals surface area (Å²) in [5.41, 5.74) is 0. The molecule has 2 heteroatoms. The number of hydrogen-bond donors (Lipinski definition) is 1. The molecular formula is C11H25NO. The molecule has 0 aliphatic carbocycles. The van der Waals surface area contributed by atoms with Crippen LogP contribution in [-0.4, -0.2) is 34.7 Å². The van der Waals surface area contributed by atoms with E-state index in [-0.39, 0.29) is 12.1 Å². The third kappa shape index (κ3) is 4.63. The molecule has 2 nitrogen and oxygen atoms in total. The molecule has 0 aromatic carbocycles. The summed E-state index contributed by atoms with van der Waals surface area (Å²) in [4.78, 5) is 2.36. The van der Waals surface area contributed by atoms with Crippen LogP contribution in [0, 0.1) is 5.92 Å². The SMILES string of the molecule is CC(C)CN(C(C)C)C(C)C(C)O. The largest absolute Gasteiger partial charge is 0.392 e. The van der Waals surface area contributed by atoms with Gasteiger partial charge in [0.2, 0.25) is 0 Å². The van der Waals surface area contributed by atoms with E-state index < -0.39 is 0 Å². The van der Waals surface area contributed by atoms with Crippen molar-refractivity contribution in [3.63, 3.8) is 0 Å². The number of rotatable bonds is 5. The second-order valence-corrected chi connectivity index (χ2v) is 4.67. The second-order valence-electron chi connectivity index (χ2n) is 4.67. The van der Waals surface area contributed by atoms with Gasteiger partial charge in [0.05, 0.1) is 6.10 Å². The Bertz CT molecular complexity index is 132. The van der Waals surface area contributed by atoms with Gasteiger partial charge in [0.1, 0.15) is 0 Å². The third-order valence-electron chi connectivity index (χ3n) is 2.46. The molecule has 0 radical (unpaired) electrons. The van der Waals surface area contributed by atoms with E-state index >= 15 is 0 Å². The van der Waals surface area contributed by atoms with Crippen LogP contribution in [0.2, 0.25) is 0 Å². The van der Waals surface area contributed by atoms with Crippen LogP contribution < -0.4 is 0 Å². The van der Waals surface area contributed by atoms with Gasteiger partial charge < -0.3 is 5.11 Å². The predicted molar refractivity (Wildman–Crippen MR) is 57.8 cm³/mol. The Morgan fingerprint density at radius 3 is 1.69 bits per heavy atom. The van der Waals surface area contributed by atoms with Gasteiger partial charge in [-0.25, -0.2) is 0 Å². The molecule has 0 saturated carbocycles. The lowest BCUT2D eigenvalue weighted by molar-refractivity contribution is 0.0443. The molecule has 0 saturated heterocycles. The van der Waals surface area contributed by atoms with Crippen molar-refractivity contribution in [2.24, 2.45) is 5.92 Å². The second kappa shape index (κ2) is 5.61. The molecule has 0 rings (SSSR count). The van der Waals surface area contributed by atoms with Crippen LogP contribution in [0.3, 0.4) is 0 Å². The van der Waals surface area contributed by atoms with Crippen molar-refractivity contribution in [1.82, 2.24) is 4.90 Å². The molecule has 0 fully saturated rings. The summed E-state index contributed by atoms with van der Waals surface area (Å²) in [6, 6.07) is 0.759. The average molecular weight is 187 g/mol. The fourth-order valence-corrected chi connectivity index (χ4v) is 1.55. The lowest BCUT2D eigenvalue weighted by Gasteiger charge is -2.35. The monoisotopic (exact) mass is 187 g/mol. The molecule has 0 aromatic rings. The molecule has 0 aliphatic heterocycles. The number of aliphatic hydroxyl groups excluding tert-OH is 1. The quantitative estimate of drug-likeness (QED) is 0.712. The van der Waals surface area contributed by atoms with Gasteiger partial charge in [0.25, 0.3) is 0 Å². The highest BCUT2D eigenvalue weighted by atomic mass is 16.3. The fourth-order valence-electron chi connectivity index (χ4n) is 1.55. The van der Waals surface area contributed by atoms with E-state index in [1.165, 1.54) is 0 Å². The third-order valence-corrected chi connectivity index (χ3v) is 2.46. The fraction of sp³-hybridized carbons (Fsp3) is 1.00. The number of nitrogens with zero attached hydrogens (tertiary/aromatic N) is 1. The number of hydrogen-bond acceptors (Lipinski definition) is 2. The summed E-state index contributed by atoms with van der Waals surface area (Å²) in [5, 5.41) is 9.51. The highest BCUT2D eigenvalue weighted by Gasteiger charge is 2.21. The van der Waals surface area contributed by atoms with Crippen molar-refractivity contribution in [1.29, 1.82) is 0 Å². The summed E-state index contributed by atoms with van der Waals surface area (Å²) in [7, 11) is 0. The van der Waals surface area contributed by atoms with Gasteiger partial charge in [-0.1, -0.05) is 13.8 Å². The van der Waals surface area contributed by atoms with E-state index in [1.807, 2.05) is 6.92 Å². The average Bonchev–Trinajstić information content (AvgIpc) is 1.97. The molecule has 1 N–H and O–H groups in total. The first-order chi connectivity index (χ1) is 5.86. The highest BCUT2D eigenvalue weighted by Crippen LogP contribution is 2.11. The predicted octanol–water partition coefficient (Wildman–Crippen LogP) is 2.12. The lowest BCUT2D eigenvalue weighted by atomic mass is 10.1. The Labute approximate surface area is 82.9 Å². The first-order valence-electron chi connectivity index (χ1n) is 5.30. The molecule has 0 aliphatic rings. The minimum atomic E-state index is -0.249. The van der Waals surface area contributed by atoms with Crippen LogP contribution in [0.25, 0.3) is 0 Å². The van der Waals surface area contributed by atoms with E-state index in [0.717, 1.165) is 6.54 Å². The minimum Gasteiger partial charge on any atom is -0.392 e. The van der Waals surface area contributed by atoms with Gasteiger partial charge in [-0.3, -0.25) is 4.90 Å².